The quantitative estimate of drug-likeness (QED) is 0.669. The molecule has 1 unspecified atom stereocenters. The van der Waals surface area contributed by atoms with Crippen molar-refractivity contribution < 1.29 is 22.8 Å². The third-order valence-electron chi connectivity index (χ3n) is 4.87. The van der Waals surface area contributed by atoms with Gasteiger partial charge in [-0.15, -0.1) is 0 Å². The molecular formula is C18H22BrF3N6O2. The fourth-order valence-electron chi connectivity index (χ4n) is 3.13. The lowest BCUT2D eigenvalue weighted by Crippen LogP contribution is -2.29. The van der Waals surface area contributed by atoms with E-state index in [4.69, 9.17) is 0 Å². The Bertz CT molecular complexity index is 977. The van der Waals surface area contributed by atoms with Gasteiger partial charge in [0.25, 0.3) is 5.91 Å². The summed E-state index contributed by atoms with van der Waals surface area (Å²) in [5.41, 5.74) is -0.295. The van der Waals surface area contributed by atoms with Gasteiger partial charge in [-0.2, -0.15) is 23.4 Å². The molecule has 0 aromatic carbocycles. The number of nitrogens with one attached hydrogen (secondary N) is 1. The average molecular weight is 491 g/mol. The number of halogens is 4. The van der Waals surface area contributed by atoms with Crippen LogP contribution in [0.5, 0.6) is 0 Å². The molecule has 1 atom stereocenters. The van der Waals surface area contributed by atoms with Crippen molar-refractivity contribution in [3.05, 3.63) is 27.8 Å². The van der Waals surface area contributed by atoms with Crippen LogP contribution in [0.2, 0.25) is 0 Å². The van der Waals surface area contributed by atoms with Crippen LogP contribution in [0.25, 0.3) is 0 Å². The molecular weight excluding hydrogens is 469 g/mol. The molecule has 1 fully saturated rings. The molecule has 3 rings (SSSR count). The number of carbonyl (C=O) groups is 2. The molecule has 0 saturated heterocycles. The molecule has 1 aliphatic carbocycles. The molecule has 1 saturated carbocycles. The second-order valence-corrected chi connectivity index (χ2v) is 8.14. The first-order valence-corrected chi connectivity index (χ1v) is 10.2. The number of amides is 2. The van der Waals surface area contributed by atoms with Gasteiger partial charge in [-0.25, -0.2) is 0 Å². The van der Waals surface area contributed by atoms with Crippen LogP contribution < -0.4 is 5.32 Å². The van der Waals surface area contributed by atoms with E-state index in [9.17, 15) is 22.8 Å². The van der Waals surface area contributed by atoms with E-state index in [1.807, 2.05) is 0 Å². The molecule has 0 spiro atoms. The first kappa shape index (κ1) is 22.3. The Balaban J connectivity index is 1.93. The lowest BCUT2D eigenvalue weighted by molar-refractivity contribution is -0.142. The first-order valence-electron chi connectivity index (χ1n) is 9.40. The van der Waals surface area contributed by atoms with E-state index < -0.39 is 23.8 Å². The summed E-state index contributed by atoms with van der Waals surface area (Å²) in [5, 5.41) is 10.4. The van der Waals surface area contributed by atoms with Gasteiger partial charge in [-0.05, 0) is 42.6 Å². The third-order valence-corrected chi connectivity index (χ3v) is 5.65. The van der Waals surface area contributed by atoms with Crippen molar-refractivity contribution >= 4 is 33.4 Å². The zero-order valence-corrected chi connectivity index (χ0v) is 18.5. The predicted molar refractivity (Wildman–Crippen MR) is 106 cm³/mol. The van der Waals surface area contributed by atoms with Crippen molar-refractivity contribution in [2.75, 3.05) is 19.4 Å². The number of anilines is 1. The fraction of sp³-hybridized carbons (Fsp3) is 0.556. The van der Waals surface area contributed by atoms with Crippen LogP contribution in [0, 0.1) is 0 Å². The molecule has 0 aliphatic heterocycles. The van der Waals surface area contributed by atoms with Gasteiger partial charge in [-0.1, -0.05) is 0 Å². The third kappa shape index (κ3) is 4.09. The van der Waals surface area contributed by atoms with Crippen LogP contribution in [-0.4, -0.2) is 50.4 Å². The molecule has 12 heteroatoms. The summed E-state index contributed by atoms with van der Waals surface area (Å²) in [6.45, 7) is 3.68. The van der Waals surface area contributed by atoms with Crippen LogP contribution in [0.4, 0.5) is 18.9 Å². The van der Waals surface area contributed by atoms with E-state index in [1.54, 1.807) is 21.0 Å². The zero-order chi connectivity index (χ0) is 22.4. The van der Waals surface area contributed by atoms with Gasteiger partial charge in [-0.3, -0.25) is 19.0 Å². The molecule has 1 aliphatic rings. The Morgan fingerprint density at radius 2 is 2.00 bits per heavy atom. The van der Waals surface area contributed by atoms with Gasteiger partial charge in [0.15, 0.2) is 5.69 Å². The second kappa shape index (κ2) is 8.05. The molecule has 2 aromatic rings. The van der Waals surface area contributed by atoms with E-state index in [-0.39, 0.29) is 27.7 Å². The maximum atomic E-state index is 13.3. The SMILES string of the molecule is CCn1ncc(NC(=O)C(C)n2nc(C(F)(F)F)c(Br)c2C2CC2)c1C(=O)N(C)C. The summed E-state index contributed by atoms with van der Waals surface area (Å²) in [6.07, 6.45) is -1.81. The van der Waals surface area contributed by atoms with Crippen molar-refractivity contribution in [3.8, 4) is 0 Å². The van der Waals surface area contributed by atoms with E-state index in [1.165, 1.54) is 22.7 Å². The van der Waals surface area contributed by atoms with Crippen LogP contribution in [0.3, 0.4) is 0 Å². The van der Waals surface area contributed by atoms with Gasteiger partial charge >= 0.3 is 6.18 Å². The highest BCUT2D eigenvalue weighted by Crippen LogP contribution is 2.47. The molecule has 0 bridgehead atoms. The van der Waals surface area contributed by atoms with Gasteiger partial charge in [0.05, 0.1) is 22.1 Å². The van der Waals surface area contributed by atoms with Crippen LogP contribution in [0.15, 0.2) is 10.7 Å². The summed E-state index contributed by atoms with van der Waals surface area (Å²) in [4.78, 5) is 26.7. The first-order chi connectivity index (χ1) is 14.0. The molecule has 2 aromatic heterocycles. The number of aromatic nitrogens is 4. The van der Waals surface area contributed by atoms with Crippen LogP contribution in [-0.2, 0) is 17.5 Å². The largest absolute Gasteiger partial charge is 0.436 e. The van der Waals surface area contributed by atoms with E-state index in [0.29, 0.717) is 12.2 Å². The number of carbonyl (C=O) groups excluding carboxylic acids is 2. The lowest BCUT2D eigenvalue weighted by atomic mass is 10.2. The van der Waals surface area contributed by atoms with E-state index >= 15 is 0 Å². The minimum absolute atomic E-state index is 0.0769. The number of hydrogen-bond donors (Lipinski definition) is 1. The van der Waals surface area contributed by atoms with E-state index in [2.05, 4.69) is 31.4 Å². The summed E-state index contributed by atoms with van der Waals surface area (Å²) in [7, 11) is 3.15. The minimum atomic E-state index is -4.64. The van der Waals surface area contributed by atoms with Crippen molar-refractivity contribution in [2.45, 2.75) is 51.4 Å². The molecule has 2 amide bonds. The number of aryl methyl sites for hydroxylation is 1. The maximum absolute atomic E-state index is 13.3. The van der Waals surface area contributed by atoms with Gasteiger partial charge in [0.1, 0.15) is 11.7 Å². The number of nitrogens with zero attached hydrogens (tertiary/aromatic N) is 5. The lowest BCUT2D eigenvalue weighted by Gasteiger charge is -2.17. The smallest absolute Gasteiger partial charge is 0.343 e. The monoisotopic (exact) mass is 490 g/mol. The van der Waals surface area contributed by atoms with Crippen molar-refractivity contribution in [2.24, 2.45) is 0 Å². The average Bonchev–Trinajstić information content (AvgIpc) is 3.32. The normalized spacial score (nSPS) is 15.2. The Kier molecular flexibility index (Phi) is 5.99. The summed E-state index contributed by atoms with van der Waals surface area (Å²) in [6, 6.07) is -1.03. The Morgan fingerprint density at radius 1 is 1.37 bits per heavy atom. The molecule has 164 valence electrons. The van der Waals surface area contributed by atoms with Crippen molar-refractivity contribution in [1.29, 1.82) is 0 Å². The van der Waals surface area contributed by atoms with Gasteiger partial charge in [0, 0.05) is 26.6 Å². The predicted octanol–water partition coefficient (Wildman–Crippen LogP) is 3.66. The Hall–Kier alpha value is -2.37. The molecule has 1 N–H and O–H groups in total. The highest BCUT2D eigenvalue weighted by atomic mass is 79.9. The highest BCUT2D eigenvalue weighted by Gasteiger charge is 2.43. The molecule has 2 heterocycles. The standard InChI is InChI=1S/C18H22BrF3N6O2/c1-5-27-14(17(30)26(3)4)11(8-23-27)24-16(29)9(2)28-13(10-6-7-10)12(19)15(25-28)18(20,21)22/h8-10H,5-7H2,1-4H3,(H,24,29). The van der Waals surface area contributed by atoms with Gasteiger partial charge in [0.2, 0.25) is 5.91 Å². The zero-order valence-electron chi connectivity index (χ0n) is 16.9. The Morgan fingerprint density at radius 3 is 2.50 bits per heavy atom. The summed E-state index contributed by atoms with van der Waals surface area (Å²) < 4.78 is 42.5. The summed E-state index contributed by atoms with van der Waals surface area (Å²) >= 11 is 3.02. The number of hydrogen-bond acceptors (Lipinski definition) is 4. The van der Waals surface area contributed by atoms with Crippen molar-refractivity contribution in [3.63, 3.8) is 0 Å². The molecule has 8 nitrogen and oxygen atoms in total. The topological polar surface area (TPSA) is 85.0 Å². The highest BCUT2D eigenvalue weighted by molar-refractivity contribution is 9.10. The second-order valence-electron chi connectivity index (χ2n) is 7.35. The Labute approximate surface area is 179 Å². The molecule has 0 radical (unpaired) electrons. The minimum Gasteiger partial charge on any atom is -0.343 e. The van der Waals surface area contributed by atoms with Gasteiger partial charge < -0.3 is 10.2 Å². The van der Waals surface area contributed by atoms with Crippen molar-refractivity contribution in [1.82, 2.24) is 24.5 Å². The maximum Gasteiger partial charge on any atom is 0.436 e. The molecule has 30 heavy (non-hydrogen) atoms. The van der Waals surface area contributed by atoms with E-state index in [0.717, 1.165) is 17.5 Å². The van der Waals surface area contributed by atoms with Crippen LogP contribution in [0.1, 0.15) is 60.5 Å². The number of rotatable bonds is 6. The number of alkyl halides is 3. The summed E-state index contributed by atoms with van der Waals surface area (Å²) in [5.74, 6) is -1.02. The van der Waals surface area contributed by atoms with Crippen LogP contribution >= 0.6 is 15.9 Å². The fourth-order valence-corrected chi connectivity index (χ4v) is 3.94.